The van der Waals surface area contributed by atoms with Gasteiger partial charge in [0.15, 0.2) is 38.1 Å². The molecule has 10 nitrogen and oxygen atoms in total. The summed E-state index contributed by atoms with van der Waals surface area (Å²) < 4.78 is 35.2. The molecule has 0 rings (SSSR count). The summed E-state index contributed by atoms with van der Waals surface area (Å²) in [6.07, 6.45) is 2.51. The Morgan fingerprint density at radius 2 is 1.16 bits per heavy atom. The van der Waals surface area contributed by atoms with E-state index in [-0.39, 0.29) is 37.2 Å². The molecule has 182 valence electrons. The minimum atomic E-state index is -1.67. The average molecular weight is 496 g/mol. The number of esters is 1. The molecule has 2 atom stereocenters. The number of hydrogen-bond acceptors (Lipinski definition) is 10. The molecule has 2 unspecified atom stereocenters. The van der Waals surface area contributed by atoms with Crippen LogP contribution >= 0.6 is 16.1 Å². The van der Waals surface area contributed by atoms with Gasteiger partial charge in [-0.1, -0.05) is 19.6 Å². The maximum Gasteiger partial charge on any atom is 0.505 e. The third-order valence-electron chi connectivity index (χ3n) is 2.99. The van der Waals surface area contributed by atoms with Crippen molar-refractivity contribution < 1.29 is 46.9 Å². The molecule has 0 fully saturated rings. The van der Waals surface area contributed by atoms with Gasteiger partial charge in [0.1, 0.15) is 20.2 Å². The highest BCUT2D eigenvalue weighted by molar-refractivity contribution is 7.38. The van der Waals surface area contributed by atoms with Crippen LogP contribution in [0, 0.1) is 0 Å². The standard InChI is InChI=1S/C12H20O5P.C6H10O3P.2CH2O/c1-10(2)11(13)9-16-12(14)7-5-4-6-8-17-18(3)15;1-5(2)6(7)4-9-10(3)8;2*1-2/h1,4-9H2,2-3H3;1,4H2,2-3H3;2*1H2/q2*+1;;. The highest BCUT2D eigenvalue weighted by Crippen LogP contribution is 2.16. The van der Waals surface area contributed by atoms with E-state index in [2.05, 4.69) is 17.7 Å². The first-order chi connectivity index (χ1) is 15.0. The summed E-state index contributed by atoms with van der Waals surface area (Å²) in [6, 6.07) is 0. The van der Waals surface area contributed by atoms with E-state index in [4.69, 9.17) is 18.8 Å². The molecule has 0 amide bonds. The second-order valence-electron chi connectivity index (χ2n) is 5.86. The van der Waals surface area contributed by atoms with Gasteiger partial charge >= 0.3 is 22.0 Å². The lowest BCUT2D eigenvalue weighted by Crippen LogP contribution is -2.14. The summed E-state index contributed by atoms with van der Waals surface area (Å²) >= 11 is 0. The summed E-state index contributed by atoms with van der Waals surface area (Å²) in [5.41, 5.74) is 0.811. The first kappa shape index (κ1) is 37.1. The van der Waals surface area contributed by atoms with Crippen LogP contribution < -0.4 is 0 Å². The third-order valence-corrected chi connectivity index (χ3v) is 4.03. The van der Waals surface area contributed by atoms with Crippen LogP contribution in [0.4, 0.5) is 0 Å². The van der Waals surface area contributed by atoms with Crippen molar-refractivity contribution in [3.05, 3.63) is 24.3 Å². The molecule has 0 aromatic carbocycles. The van der Waals surface area contributed by atoms with Crippen LogP contribution in [-0.2, 0) is 46.9 Å². The van der Waals surface area contributed by atoms with Gasteiger partial charge < -0.3 is 14.3 Å². The number of rotatable bonds is 14. The fraction of sp³-hybridized carbons (Fsp3) is 0.550. The topological polar surface area (TPSA) is 147 Å². The quantitative estimate of drug-likeness (QED) is 0.151. The summed E-state index contributed by atoms with van der Waals surface area (Å²) in [5, 5.41) is 0. The Bertz CT molecular complexity index is 630. The first-order valence-electron chi connectivity index (χ1n) is 9.15. The molecule has 0 bridgehead atoms. The third kappa shape index (κ3) is 32.4. The second-order valence-corrected chi connectivity index (χ2v) is 8.14. The lowest BCUT2D eigenvalue weighted by Gasteiger charge is -2.03. The van der Waals surface area contributed by atoms with E-state index in [1.165, 1.54) is 13.3 Å². The van der Waals surface area contributed by atoms with Crippen LogP contribution in [0.3, 0.4) is 0 Å². The van der Waals surface area contributed by atoms with Crippen LogP contribution in [0.5, 0.6) is 0 Å². The van der Waals surface area contributed by atoms with Gasteiger partial charge in [-0.05, 0) is 47.0 Å². The zero-order chi connectivity index (χ0) is 26.1. The Morgan fingerprint density at radius 3 is 1.56 bits per heavy atom. The molecule has 0 aliphatic rings. The lowest BCUT2D eigenvalue weighted by molar-refractivity contribution is -0.147. The Labute approximate surface area is 191 Å². The zero-order valence-corrected chi connectivity index (χ0v) is 21.0. The molecule has 0 aliphatic carbocycles. The van der Waals surface area contributed by atoms with E-state index in [1.54, 1.807) is 13.8 Å². The smallest absolute Gasteiger partial charge is 0.457 e. The van der Waals surface area contributed by atoms with E-state index in [0.717, 1.165) is 12.8 Å². The maximum absolute atomic E-state index is 11.2. The minimum absolute atomic E-state index is 0.124. The van der Waals surface area contributed by atoms with Gasteiger partial charge in [0.05, 0.1) is 0 Å². The molecule has 0 spiro atoms. The monoisotopic (exact) mass is 496 g/mol. The largest absolute Gasteiger partial charge is 0.505 e. The normalized spacial score (nSPS) is 9.75. The fourth-order valence-corrected chi connectivity index (χ4v) is 2.04. The SMILES string of the molecule is C=C(C)C(=O)COC(=O)CCCCCO[P+](C)=O.C=C(C)C(=O)CO[P+](C)=O.C=O.C=O. The van der Waals surface area contributed by atoms with Crippen LogP contribution in [-0.4, -0.2) is 64.3 Å². The number of unbranched alkanes of at least 4 members (excludes halogenated alkanes) is 2. The van der Waals surface area contributed by atoms with Gasteiger partial charge in [0.25, 0.3) is 0 Å². The van der Waals surface area contributed by atoms with Crippen molar-refractivity contribution in [1.29, 1.82) is 0 Å². The second kappa shape index (κ2) is 26.8. The molecule has 0 radical (unpaired) electrons. The van der Waals surface area contributed by atoms with Crippen LogP contribution in [0.15, 0.2) is 24.3 Å². The average Bonchev–Trinajstić information content (AvgIpc) is 2.75. The van der Waals surface area contributed by atoms with E-state index < -0.39 is 16.1 Å². The maximum atomic E-state index is 11.2. The molecule has 0 aromatic heterocycles. The van der Waals surface area contributed by atoms with Gasteiger partial charge in [-0.15, -0.1) is 9.05 Å². The van der Waals surface area contributed by atoms with Crippen molar-refractivity contribution in [2.45, 2.75) is 39.5 Å². The fourth-order valence-electron chi connectivity index (χ4n) is 1.36. The summed E-state index contributed by atoms with van der Waals surface area (Å²) in [6.45, 7) is 17.0. The zero-order valence-electron chi connectivity index (χ0n) is 19.3. The van der Waals surface area contributed by atoms with Crippen LogP contribution in [0.25, 0.3) is 0 Å². The van der Waals surface area contributed by atoms with E-state index >= 15 is 0 Å². The molecule has 32 heavy (non-hydrogen) atoms. The van der Waals surface area contributed by atoms with Gasteiger partial charge in [-0.2, -0.15) is 0 Å². The van der Waals surface area contributed by atoms with Crippen LogP contribution in [0.2, 0.25) is 0 Å². The molecule has 0 aromatic rings. The highest BCUT2D eigenvalue weighted by Gasteiger charge is 2.11. The van der Waals surface area contributed by atoms with Gasteiger partial charge in [0, 0.05) is 6.42 Å². The van der Waals surface area contributed by atoms with Crippen molar-refractivity contribution in [2.75, 3.05) is 33.2 Å². The summed E-state index contributed by atoms with van der Waals surface area (Å²) in [4.78, 5) is 49.0. The first-order valence-corrected chi connectivity index (χ1v) is 12.4. The predicted octanol–water partition coefficient (Wildman–Crippen LogP) is 3.77. The molecular formula is C20H34O10P2+2. The Balaban J connectivity index is -0.000000237. The number of carbonyl (C=O) groups excluding carboxylic acids is 5. The molecule has 0 saturated carbocycles. The number of Topliss-reactive ketones (excluding diaryl/α,β-unsaturated/α-hetero) is 2. The summed E-state index contributed by atoms with van der Waals surface area (Å²) in [5.74, 6) is -0.846. The van der Waals surface area contributed by atoms with E-state index in [0.29, 0.717) is 24.2 Å². The minimum Gasteiger partial charge on any atom is -0.457 e. The van der Waals surface area contributed by atoms with Crippen molar-refractivity contribution in [2.24, 2.45) is 0 Å². The Morgan fingerprint density at radius 1 is 0.719 bits per heavy atom. The molecule has 0 saturated heterocycles. The molecule has 12 heteroatoms. The number of carbonyl (C=O) groups is 5. The van der Waals surface area contributed by atoms with Crippen molar-refractivity contribution in [1.82, 2.24) is 0 Å². The van der Waals surface area contributed by atoms with Crippen LogP contribution in [0.1, 0.15) is 39.5 Å². The van der Waals surface area contributed by atoms with Crippen molar-refractivity contribution >= 4 is 47.2 Å². The number of ketones is 2. The summed E-state index contributed by atoms with van der Waals surface area (Å²) in [7, 11) is -3.21. The molecule has 0 N–H and O–H groups in total. The molecular weight excluding hydrogens is 462 g/mol. The highest BCUT2D eigenvalue weighted by atomic mass is 31.1. The van der Waals surface area contributed by atoms with E-state index in [9.17, 15) is 23.5 Å². The number of hydrogen-bond donors (Lipinski definition) is 0. The lowest BCUT2D eigenvalue weighted by atomic mass is 10.2. The Hall–Kier alpha value is -2.25. The van der Waals surface area contributed by atoms with E-state index in [1.807, 2.05) is 13.6 Å². The van der Waals surface area contributed by atoms with Crippen molar-refractivity contribution in [3.63, 3.8) is 0 Å². The van der Waals surface area contributed by atoms with Crippen molar-refractivity contribution in [3.8, 4) is 0 Å². The Kier molecular flexibility index (Phi) is 31.0. The molecule has 0 aliphatic heterocycles. The van der Waals surface area contributed by atoms with Gasteiger partial charge in [0.2, 0.25) is 0 Å². The van der Waals surface area contributed by atoms with Gasteiger partial charge in [-0.3, -0.25) is 14.4 Å². The molecule has 0 heterocycles. The van der Waals surface area contributed by atoms with Gasteiger partial charge in [-0.25, -0.2) is 0 Å². The predicted molar refractivity (Wildman–Crippen MR) is 122 cm³/mol. The number of ether oxygens (including phenoxy) is 1.